The molecule has 27 heavy (non-hydrogen) atoms. The number of carbonyl (C=O) groups excluding carboxylic acids is 1. The predicted molar refractivity (Wildman–Crippen MR) is 93.5 cm³/mol. The van der Waals surface area contributed by atoms with Crippen LogP contribution in [0.5, 0.6) is 17.2 Å². The molecule has 0 radical (unpaired) electrons. The SMILES string of the molecule is Cn1ncc2cc(C(N)=O)cc(Oc3ccc(OCCC(=O)O)cc3F)c21. The zero-order valence-electron chi connectivity index (χ0n) is 14.3. The monoisotopic (exact) mass is 373 g/mol. The van der Waals surface area contributed by atoms with Crippen LogP contribution in [0.1, 0.15) is 16.8 Å². The summed E-state index contributed by atoms with van der Waals surface area (Å²) in [5.41, 5.74) is 6.12. The Balaban J connectivity index is 1.89. The van der Waals surface area contributed by atoms with Crippen molar-refractivity contribution >= 4 is 22.8 Å². The summed E-state index contributed by atoms with van der Waals surface area (Å²) in [5.74, 6) is -2.05. The van der Waals surface area contributed by atoms with E-state index in [2.05, 4.69) is 5.10 Å². The van der Waals surface area contributed by atoms with Gasteiger partial charge in [-0.15, -0.1) is 0 Å². The molecule has 1 amide bonds. The van der Waals surface area contributed by atoms with Gasteiger partial charge in [0.1, 0.15) is 11.3 Å². The molecule has 9 heteroatoms. The first-order chi connectivity index (χ1) is 12.8. The number of aryl methyl sites for hydroxylation is 1. The van der Waals surface area contributed by atoms with Gasteiger partial charge in [0.15, 0.2) is 17.3 Å². The number of ether oxygens (including phenoxy) is 2. The standard InChI is InChI=1S/C18H16FN3O5/c1-22-17-11(9-21-22)6-10(18(20)25)7-15(17)27-14-3-2-12(8-13(14)19)26-5-4-16(23)24/h2-3,6-9H,4-5H2,1H3,(H2,20,25)(H,23,24). The van der Waals surface area contributed by atoms with Gasteiger partial charge in [0.2, 0.25) is 5.91 Å². The second-order valence-corrected chi connectivity index (χ2v) is 5.73. The van der Waals surface area contributed by atoms with E-state index in [1.807, 2.05) is 0 Å². The van der Waals surface area contributed by atoms with Gasteiger partial charge in [-0.1, -0.05) is 0 Å². The molecular formula is C18H16FN3O5. The topological polar surface area (TPSA) is 117 Å². The Kier molecular flexibility index (Phi) is 4.93. The first kappa shape index (κ1) is 18.2. The lowest BCUT2D eigenvalue weighted by Gasteiger charge is -2.11. The fourth-order valence-corrected chi connectivity index (χ4v) is 2.53. The summed E-state index contributed by atoms with van der Waals surface area (Å²) >= 11 is 0. The minimum absolute atomic E-state index is 0.0781. The van der Waals surface area contributed by atoms with Crippen molar-refractivity contribution in [3.05, 3.63) is 47.9 Å². The molecule has 140 valence electrons. The van der Waals surface area contributed by atoms with Gasteiger partial charge in [-0.25, -0.2) is 4.39 Å². The van der Waals surface area contributed by atoms with Crippen LogP contribution >= 0.6 is 0 Å². The predicted octanol–water partition coefficient (Wildman–Crippen LogP) is 2.46. The van der Waals surface area contributed by atoms with Crippen LogP contribution in [0.4, 0.5) is 4.39 Å². The summed E-state index contributed by atoms with van der Waals surface area (Å²) in [7, 11) is 1.69. The van der Waals surface area contributed by atoms with E-state index in [0.717, 1.165) is 6.07 Å². The van der Waals surface area contributed by atoms with Crippen molar-refractivity contribution in [2.75, 3.05) is 6.61 Å². The van der Waals surface area contributed by atoms with E-state index in [9.17, 15) is 14.0 Å². The Morgan fingerprint density at radius 1 is 1.26 bits per heavy atom. The molecule has 8 nitrogen and oxygen atoms in total. The number of halogens is 1. The van der Waals surface area contributed by atoms with E-state index < -0.39 is 17.7 Å². The van der Waals surface area contributed by atoms with Gasteiger partial charge in [0, 0.05) is 24.1 Å². The lowest BCUT2D eigenvalue weighted by molar-refractivity contribution is -0.137. The van der Waals surface area contributed by atoms with Crippen molar-refractivity contribution in [1.82, 2.24) is 9.78 Å². The van der Waals surface area contributed by atoms with Crippen molar-refractivity contribution in [2.45, 2.75) is 6.42 Å². The number of hydrogen-bond acceptors (Lipinski definition) is 5. The number of aliphatic carboxylic acids is 1. The molecule has 0 aliphatic carbocycles. The molecule has 0 aliphatic heterocycles. The molecule has 0 saturated carbocycles. The van der Waals surface area contributed by atoms with Crippen LogP contribution in [0.2, 0.25) is 0 Å². The molecule has 0 spiro atoms. The smallest absolute Gasteiger partial charge is 0.306 e. The van der Waals surface area contributed by atoms with Crippen LogP contribution in [0.25, 0.3) is 10.9 Å². The highest BCUT2D eigenvalue weighted by Gasteiger charge is 2.15. The third kappa shape index (κ3) is 3.97. The highest BCUT2D eigenvalue weighted by molar-refractivity contribution is 5.99. The third-order valence-electron chi connectivity index (χ3n) is 3.79. The van der Waals surface area contributed by atoms with Crippen LogP contribution in [-0.4, -0.2) is 33.4 Å². The lowest BCUT2D eigenvalue weighted by atomic mass is 10.1. The number of carbonyl (C=O) groups is 2. The number of carboxylic acids is 1. The Morgan fingerprint density at radius 2 is 2.04 bits per heavy atom. The number of fused-ring (bicyclic) bond motifs is 1. The van der Waals surface area contributed by atoms with Crippen molar-refractivity contribution < 1.29 is 28.6 Å². The van der Waals surface area contributed by atoms with Crippen LogP contribution in [-0.2, 0) is 11.8 Å². The van der Waals surface area contributed by atoms with E-state index in [1.54, 1.807) is 19.3 Å². The highest BCUT2D eigenvalue weighted by atomic mass is 19.1. The molecule has 0 bridgehead atoms. The normalized spacial score (nSPS) is 10.7. The maximum Gasteiger partial charge on any atom is 0.306 e. The van der Waals surface area contributed by atoms with E-state index >= 15 is 0 Å². The third-order valence-corrected chi connectivity index (χ3v) is 3.79. The van der Waals surface area contributed by atoms with Crippen LogP contribution in [0.3, 0.4) is 0 Å². The first-order valence-electron chi connectivity index (χ1n) is 7.92. The van der Waals surface area contributed by atoms with Crippen LogP contribution in [0, 0.1) is 5.82 Å². The molecule has 1 aromatic heterocycles. The van der Waals surface area contributed by atoms with Gasteiger partial charge in [0.25, 0.3) is 0 Å². The Labute approximate surface area is 152 Å². The van der Waals surface area contributed by atoms with Crippen molar-refractivity contribution in [3.63, 3.8) is 0 Å². The number of carboxylic acid groups (broad SMARTS) is 1. The molecule has 3 N–H and O–H groups in total. The number of nitrogens with two attached hydrogens (primary N) is 1. The molecule has 1 heterocycles. The minimum atomic E-state index is -1.01. The number of hydrogen-bond donors (Lipinski definition) is 2. The number of benzene rings is 2. The number of nitrogens with zero attached hydrogens (tertiary/aromatic N) is 2. The van der Waals surface area contributed by atoms with E-state index in [0.29, 0.717) is 10.9 Å². The lowest BCUT2D eigenvalue weighted by Crippen LogP contribution is -2.11. The quantitative estimate of drug-likeness (QED) is 0.657. The maximum atomic E-state index is 14.4. The molecule has 3 rings (SSSR count). The summed E-state index contributed by atoms with van der Waals surface area (Å²) in [6.07, 6.45) is 1.35. The summed E-state index contributed by atoms with van der Waals surface area (Å²) in [5, 5.41) is 13.3. The van der Waals surface area contributed by atoms with Crippen molar-refractivity contribution in [3.8, 4) is 17.2 Å². The highest BCUT2D eigenvalue weighted by Crippen LogP contribution is 2.33. The van der Waals surface area contributed by atoms with Gasteiger partial charge >= 0.3 is 5.97 Å². The number of rotatable bonds is 7. The summed E-state index contributed by atoms with van der Waals surface area (Å²) in [6, 6.07) is 6.90. The second-order valence-electron chi connectivity index (χ2n) is 5.73. The van der Waals surface area contributed by atoms with Gasteiger partial charge in [0.05, 0.1) is 19.2 Å². The Hall–Kier alpha value is -3.62. The van der Waals surface area contributed by atoms with Crippen molar-refractivity contribution in [2.24, 2.45) is 12.8 Å². The first-order valence-corrected chi connectivity index (χ1v) is 7.92. The fraction of sp³-hybridized carbons (Fsp3) is 0.167. The van der Waals surface area contributed by atoms with Crippen LogP contribution in [0.15, 0.2) is 36.5 Å². The molecule has 0 unspecified atom stereocenters. The van der Waals surface area contributed by atoms with Gasteiger partial charge in [-0.3, -0.25) is 14.3 Å². The number of amides is 1. The van der Waals surface area contributed by atoms with Crippen molar-refractivity contribution in [1.29, 1.82) is 0 Å². The van der Waals surface area contributed by atoms with E-state index in [-0.39, 0.29) is 35.8 Å². The molecule has 3 aromatic rings. The molecule has 0 atom stereocenters. The Morgan fingerprint density at radius 3 is 2.70 bits per heavy atom. The molecule has 0 aliphatic rings. The average molecular weight is 373 g/mol. The largest absolute Gasteiger partial charge is 0.493 e. The van der Waals surface area contributed by atoms with Gasteiger partial charge < -0.3 is 20.3 Å². The summed E-state index contributed by atoms with van der Waals surface area (Å²) < 4.78 is 26.7. The zero-order valence-corrected chi connectivity index (χ0v) is 14.3. The summed E-state index contributed by atoms with van der Waals surface area (Å²) in [6.45, 7) is -0.0781. The molecule has 0 saturated heterocycles. The number of aromatic nitrogens is 2. The Bertz CT molecular complexity index is 1030. The molecular weight excluding hydrogens is 357 g/mol. The molecule has 2 aromatic carbocycles. The van der Waals surface area contributed by atoms with E-state index in [1.165, 1.54) is 22.9 Å². The molecule has 0 fully saturated rings. The van der Waals surface area contributed by atoms with E-state index in [4.69, 9.17) is 20.3 Å². The fourth-order valence-electron chi connectivity index (χ4n) is 2.53. The number of primary amides is 1. The summed E-state index contributed by atoms with van der Waals surface area (Å²) in [4.78, 5) is 22.0. The van der Waals surface area contributed by atoms with Gasteiger partial charge in [-0.05, 0) is 24.3 Å². The van der Waals surface area contributed by atoms with Crippen LogP contribution < -0.4 is 15.2 Å². The minimum Gasteiger partial charge on any atom is -0.493 e. The zero-order chi connectivity index (χ0) is 19.6. The van der Waals surface area contributed by atoms with Gasteiger partial charge in [-0.2, -0.15) is 5.10 Å². The average Bonchev–Trinajstić information content (AvgIpc) is 2.98. The second kappa shape index (κ2) is 7.32. The maximum absolute atomic E-state index is 14.4.